The standard InChI is InChI=1S/C19H15ClO5/c1-10-3-4-12(6-16(10)21)19(23)24-9-13-7-18(22)25-17-5-11(2)15(20)8-14(13)17/h3-8,21H,9H2,1-2H3. The number of esters is 1. The second-order valence-electron chi connectivity index (χ2n) is 5.77. The van der Waals surface area contributed by atoms with Crippen LogP contribution in [0.2, 0.25) is 5.02 Å². The summed E-state index contributed by atoms with van der Waals surface area (Å²) in [6.07, 6.45) is 0. The fraction of sp³-hybridized carbons (Fsp3) is 0.158. The second-order valence-corrected chi connectivity index (χ2v) is 6.17. The Bertz CT molecular complexity index is 1040. The molecule has 1 N–H and O–H groups in total. The van der Waals surface area contributed by atoms with E-state index in [9.17, 15) is 14.7 Å². The largest absolute Gasteiger partial charge is 0.508 e. The van der Waals surface area contributed by atoms with Gasteiger partial charge in [0.05, 0.1) is 5.56 Å². The van der Waals surface area contributed by atoms with Gasteiger partial charge in [0.2, 0.25) is 0 Å². The van der Waals surface area contributed by atoms with Gasteiger partial charge in [0.25, 0.3) is 0 Å². The summed E-state index contributed by atoms with van der Waals surface area (Å²) in [5, 5.41) is 10.8. The quantitative estimate of drug-likeness (QED) is 0.562. The van der Waals surface area contributed by atoms with Gasteiger partial charge in [0.15, 0.2) is 0 Å². The van der Waals surface area contributed by atoms with Crippen molar-refractivity contribution in [1.29, 1.82) is 0 Å². The van der Waals surface area contributed by atoms with E-state index in [1.165, 1.54) is 12.1 Å². The number of halogens is 1. The molecule has 0 amide bonds. The molecule has 3 rings (SSSR count). The van der Waals surface area contributed by atoms with Crippen LogP contribution in [0.3, 0.4) is 0 Å². The highest BCUT2D eigenvalue weighted by atomic mass is 35.5. The van der Waals surface area contributed by atoms with Gasteiger partial charge < -0.3 is 14.3 Å². The third-order valence-electron chi connectivity index (χ3n) is 3.91. The van der Waals surface area contributed by atoms with Gasteiger partial charge in [-0.3, -0.25) is 0 Å². The molecule has 0 aliphatic carbocycles. The molecule has 1 aromatic heterocycles. The molecule has 25 heavy (non-hydrogen) atoms. The molecule has 6 heteroatoms. The van der Waals surface area contributed by atoms with Crippen LogP contribution in [0.4, 0.5) is 0 Å². The zero-order valence-corrected chi connectivity index (χ0v) is 14.4. The molecule has 5 nitrogen and oxygen atoms in total. The minimum absolute atomic E-state index is 0.0162. The lowest BCUT2D eigenvalue weighted by molar-refractivity contribution is 0.0473. The van der Waals surface area contributed by atoms with Gasteiger partial charge in [-0.15, -0.1) is 0 Å². The van der Waals surface area contributed by atoms with Crippen molar-refractivity contribution >= 4 is 28.5 Å². The predicted octanol–water partition coefficient (Wildman–Crippen LogP) is 4.13. The van der Waals surface area contributed by atoms with Crippen molar-refractivity contribution in [3.63, 3.8) is 0 Å². The summed E-state index contributed by atoms with van der Waals surface area (Å²) in [5.41, 5.74) is 2.01. The van der Waals surface area contributed by atoms with Crippen LogP contribution in [0.15, 0.2) is 45.6 Å². The van der Waals surface area contributed by atoms with E-state index in [1.54, 1.807) is 38.1 Å². The molecule has 3 aromatic rings. The molecular weight excluding hydrogens is 344 g/mol. The van der Waals surface area contributed by atoms with Crippen molar-refractivity contribution in [2.75, 3.05) is 0 Å². The van der Waals surface area contributed by atoms with Gasteiger partial charge in [0.1, 0.15) is 17.9 Å². The molecule has 2 aromatic carbocycles. The van der Waals surface area contributed by atoms with Crippen molar-refractivity contribution in [2.45, 2.75) is 20.5 Å². The van der Waals surface area contributed by atoms with Crippen molar-refractivity contribution in [1.82, 2.24) is 0 Å². The van der Waals surface area contributed by atoms with E-state index in [2.05, 4.69) is 0 Å². The summed E-state index contributed by atoms with van der Waals surface area (Å²) in [4.78, 5) is 23.9. The number of aryl methyl sites for hydroxylation is 2. The van der Waals surface area contributed by atoms with E-state index in [0.717, 1.165) is 5.56 Å². The number of phenolic OH excluding ortho intramolecular Hbond substituents is 1. The fourth-order valence-electron chi connectivity index (χ4n) is 2.43. The molecule has 0 spiro atoms. The summed E-state index contributed by atoms with van der Waals surface area (Å²) >= 11 is 6.13. The number of carbonyl (C=O) groups is 1. The fourth-order valence-corrected chi connectivity index (χ4v) is 2.59. The van der Waals surface area contributed by atoms with Crippen LogP contribution < -0.4 is 5.63 Å². The Balaban J connectivity index is 1.90. The van der Waals surface area contributed by atoms with E-state index in [1.807, 2.05) is 0 Å². The van der Waals surface area contributed by atoms with Crippen LogP contribution in [0.1, 0.15) is 27.0 Å². The van der Waals surface area contributed by atoms with Crippen LogP contribution in [-0.2, 0) is 11.3 Å². The van der Waals surface area contributed by atoms with Crippen molar-refractivity contribution in [3.8, 4) is 5.75 Å². The first-order valence-electron chi connectivity index (χ1n) is 7.55. The maximum Gasteiger partial charge on any atom is 0.338 e. The van der Waals surface area contributed by atoms with Crippen LogP contribution in [-0.4, -0.2) is 11.1 Å². The first kappa shape index (κ1) is 17.0. The number of aromatic hydroxyl groups is 1. The number of rotatable bonds is 3. The normalized spacial score (nSPS) is 10.8. The number of ether oxygens (including phenoxy) is 1. The maximum absolute atomic E-state index is 12.2. The number of benzene rings is 2. The summed E-state index contributed by atoms with van der Waals surface area (Å²) in [6.45, 7) is 3.42. The highest BCUT2D eigenvalue weighted by Gasteiger charge is 2.13. The van der Waals surface area contributed by atoms with E-state index in [-0.39, 0.29) is 17.9 Å². The summed E-state index contributed by atoms with van der Waals surface area (Å²) in [6, 6.07) is 9.15. The number of hydrogen-bond donors (Lipinski definition) is 1. The van der Waals surface area contributed by atoms with Gasteiger partial charge in [-0.1, -0.05) is 17.7 Å². The Morgan fingerprint density at radius 1 is 1.16 bits per heavy atom. The van der Waals surface area contributed by atoms with E-state index in [0.29, 0.717) is 27.1 Å². The number of carbonyl (C=O) groups excluding carboxylic acids is 1. The van der Waals surface area contributed by atoms with Crippen molar-refractivity contribution in [2.24, 2.45) is 0 Å². The average molecular weight is 359 g/mol. The third-order valence-corrected chi connectivity index (χ3v) is 4.32. The van der Waals surface area contributed by atoms with Crippen molar-refractivity contribution < 1.29 is 19.1 Å². The summed E-state index contributed by atoms with van der Waals surface area (Å²) < 4.78 is 10.4. The molecule has 0 fully saturated rings. The minimum atomic E-state index is -0.602. The maximum atomic E-state index is 12.2. The van der Waals surface area contributed by atoms with E-state index < -0.39 is 11.6 Å². The molecule has 1 heterocycles. The lowest BCUT2D eigenvalue weighted by Gasteiger charge is -2.09. The summed E-state index contributed by atoms with van der Waals surface area (Å²) in [7, 11) is 0. The molecule has 0 radical (unpaired) electrons. The topological polar surface area (TPSA) is 76.7 Å². The molecule has 0 bridgehead atoms. The summed E-state index contributed by atoms with van der Waals surface area (Å²) in [5.74, 6) is -0.586. The Morgan fingerprint density at radius 2 is 1.92 bits per heavy atom. The SMILES string of the molecule is Cc1ccc(C(=O)OCc2cc(=O)oc3cc(C)c(Cl)cc23)cc1O. The number of hydrogen-bond acceptors (Lipinski definition) is 5. The zero-order valence-electron chi connectivity index (χ0n) is 13.6. The molecule has 0 unspecified atom stereocenters. The minimum Gasteiger partial charge on any atom is -0.508 e. The monoisotopic (exact) mass is 358 g/mol. The third kappa shape index (κ3) is 3.51. The lowest BCUT2D eigenvalue weighted by atomic mass is 10.1. The zero-order chi connectivity index (χ0) is 18.1. The van der Waals surface area contributed by atoms with Gasteiger partial charge in [-0.2, -0.15) is 0 Å². The number of fused-ring (bicyclic) bond motifs is 1. The second kappa shape index (κ2) is 6.61. The number of phenols is 1. The Hall–Kier alpha value is -2.79. The van der Waals surface area contributed by atoms with E-state index >= 15 is 0 Å². The van der Waals surface area contributed by atoms with Crippen molar-refractivity contribution in [3.05, 3.63) is 74.1 Å². The van der Waals surface area contributed by atoms with Crippen LogP contribution in [0.5, 0.6) is 5.75 Å². The molecule has 0 saturated carbocycles. The van der Waals surface area contributed by atoms with Gasteiger partial charge in [-0.05, 0) is 49.2 Å². The predicted molar refractivity (Wildman–Crippen MR) is 94.2 cm³/mol. The highest BCUT2D eigenvalue weighted by Crippen LogP contribution is 2.26. The van der Waals surface area contributed by atoms with Gasteiger partial charge in [0, 0.05) is 22.0 Å². The smallest absolute Gasteiger partial charge is 0.338 e. The lowest BCUT2D eigenvalue weighted by Crippen LogP contribution is -2.08. The van der Waals surface area contributed by atoms with Crippen LogP contribution >= 0.6 is 11.6 Å². The van der Waals surface area contributed by atoms with Crippen LogP contribution in [0.25, 0.3) is 11.0 Å². The Labute approximate surface area is 148 Å². The Kier molecular flexibility index (Phi) is 4.51. The molecule has 0 atom stereocenters. The first-order chi connectivity index (χ1) is 11.8. The molecule has 128 valence electrons. The van der Waals surface area contributed by atoms with Gasteiger partial charge >= 0.3 is 11.6 Å². The van der Waals surface area contributed by atoms with E-state index in [4.69, 9.17) is 20.8 Å². The van der Waals surface area contributed by atoms with Gasteiger partial charge in [-0.25, -0.2) is 9.59 Å². The molecule has 0 aliphatic heterocycles. The Morgan fingerprint density at radius 3 is 2.64 bits per heavy atom. The first-order valence-corrected chi connectivity index (χ1v) is 7.92. The molecule has 0 aliphatic rings. The van der Waals surface area contributed by atoms with Crippen LogP contribution in [0, 0.1) is 13.8 Å². The molecular formula is C19H15ClO5. The molecule has 0 saturated heterocycles. The highest BCUT2D eigenvalue weighted by molar-refractivity contribution is 6.32. The average Bonchev–Trinajstić information content (AvgIpc) is 2.56.